The van der Waals surface area contributed by atoms with Crippen molar-refractivity contribution in [2.75, 3.05) is 19.7 Å². The third-order valence-electron chi connectivity index (χ3n) is 3.59. The molecule has 0 aromatic heterocycles. The number of benzene rings is 1. The lowest BCUT2D eigenvalue weighted by Gasteiger charge is -2.26. The van der Waals surface area contributed by atoms with Crippen LogP contribution in [0.5, 0.6) is 0 Å². The van der Waals surface area contributed by atoms with E-state index in [1.807, 2.05) is 0 Å². The van der Waals surface area contributed by atoms with Crippen molar-refractivity contribution < 1.29 is 5.11 Å². The predicted molar refractivity (Wildman–Crippen MR) is 66.5 cm³/mol. The van der Waals surface area contributed by atoms with E-state index in [0.717, 1.165) is 19.5 Å². The first-order valence-corrected chi connectivity index (χ1v) is 6.21. The number of likely N-dealkylation sites (tertiary alicyclic amines) is 1. The zero-order valence-corrected chi connectivity index (χ0v) is 9.97. The van der Waals surface area contributed by atoms with Crippen molar-refractivity contribution in [2.45, 2.75) is 31.7 Å². The first-order valence-electron chi connectivity index (χ1n) is 6.21. The van der Waals surface area contributed by atoms with Crippen LogP contribution in [0.25, 0.3) is 0 Å². The highest BCUT2D eigenvalue weighted by molar-refractivity contribution is 5.19. The largest absolute Gasteiger partial charge is 0.395 e. The van der Waals surface area contributed by atoms with Gasteiger partial charge in [0.15, 0.2) is 0 Å². The molecule has 0 saturated carbocycles. The van der Waals surface area contributed by atoms with E-state index >= 15 is 0 Å². The summed E-state index contributed by atoms with van der Waals surface area (Å²) in [4.78, 5) is 2.43. The Bertz CT molecular complexity index is 312. The van der Waals surface area contributed by atoms with Crippen molar-refractivity contribution in [1.82, 2.24) is 4.90 Å². The lowest BCUT2D eigenvalue weighted by Crippen LogP contribution is -2.35. The van der Waals surface area contributed by atoms with E-state index in [0.29, 0.717) is 18.6 Å². The van der Waals surface area contributed by atoms with E-state index in [2.05, 4.69) is 42.2 Å². The molecular formula is C14H21NO. The maximum atomic E-state index is 9.28. The molecule has 0 amide bonds. The third kappa shape index (κ3) is 2.63. The van der Waals surface area contributed by atoms with E-state index in [1.54, 1.807) is 0 Å². The quantitative estimate of drug-likeness (QED) is 0.839. The summed E-state index contributed by atoms with van der Waals surface area (Å²) in [5.41, 5.74) is 1.39. The minimum absolute atomic E-state index is 0.307. The van der Waals surface area contributed by atoms with Gasteiger partial charge in [-0.05, 0) is 30.9 Å². The highest BCUT2D eigenvalue weighted by Crippen LogP contribution is 2.22. The lowest BCUT2D eigenvalue weighted by molar-refractivity contribution is 0.154. The van der Waals surface area contributed by atoms with Crippen LogP contribution < -0.4 is 0 Å². The fraction of sp³-hybridized carbons (Fsp3) is 0.571. The van der Waals surface area contributed by atoms with Crippen LogP contribution in [0.4, 0.5) is 0 Å². The molecular weight excluding hydrogens is 198 g/mol. The fourth-order valence-electron chi connectivity index (χ4n) is 2.58. The summed E-state index contributed by atoms with van der Waals surface area (Å²) in [5, 5.41) is 9.28. The van der Waals surface area contributed by atoms with Gasteiger partial charge < -0.3 is 5.11 Å². The minimum Gasteiger partial charge on any atom is -0.395 e. The number of rotatable bonds is 4. The van der Waals surface area contributed by atoms with Crippen molar-refractivity contribution >= 4 is 0 Å². The van der Waals surface area contributed by atoms with Crippen LogP contribution in [-0.2, 0) is 0 Å². The molecule has 1 aromatic carbocycles. The van der Waals surface area contributed by atoms with Crippen molar-refractivity contribution in [3.63, 3.8) is 0 Å². The standard InChI is InChI=1S/C14H21NO/c1-12(13-6-3-2-4-7-13)10-15-9-5-8-14(15)11-16/h2-4,6-7,12,14,16H,5,8-11H2,1H3. The number of hydrogen-bond donors (Lipinski definition) is 1. The zero-order chi connectivity index (χ0) is 11.4. The Labute approximate surface area is 97.9 Å². The van der Waals surface area contributed by atoms with E-state index in [1.165, 1.54) is 12.0 Å². The normalized spacial score (nSPS) is 23.5. The Morgan fingerprint density at radius 2 is 2.12 bits per heavy atom. The number of hydrogen-bond acceptors (Lipinski definition) is 2. The first kappa shape index (κ1) is 11.6. The van der Waals surface area contributed by atoms with Crippen molar-refractivity contribution in [2.24, 2.45) is 0 Å². The molecule has 0 bridgehead atoms. The minimum atomic E-state index is 0.307. The fourth-order valence-corrected chi connectivity index (χ4v) is 2.58. The second-order valence-corrected chi connectivity index (χ2v) is 4.79. The molecule has 16 heavy (non-hydrogen) atoms. The molecule has 0 aliphatic carbocycles. The zero-order valence-electron chi connectivity index (χ0n) is 9.97. The van der Waals surface area contributed by atoms with Gasteiger partial charge in [-0.15, -0.1) is 0 Å². The topological polar surface area (TPSA) is 23.5 Å². The van der Waals surface area contributed by atoms with Crippen molar-refractivity contribution in [1.29, 1.82) is 0 Å². The van der Waals surface area contributed by atoms with E-state index in [9.17, 15) is 5.11 Å². The molecule has 2 heteroatoms. The summed E-state index contributed by atoms with van der Waals surface area (Å²) >= 11 is 0. The maximum Gasteiger partial charge on any atom is 0.0586 e. The van der Waals surface area contributed by atoms with Gasteiger partial charge >= 0.3 is 0 Å². The number of nitrogens with zero attached hydrogens (tertiary/aromatic N) is 1. The average molecular weight is 219 g/mol. The molecule has 1 aliphatic rings. The van der Waals surface area contributed by atoms with Crippen molar-refractivity contribution in [3.05, 3.63) is 35.9 Å². The van der Waals surface area contributed by atoms with Crippen LogP contribution in [0, 0.1) is 0 Å². The molecule has 1 N–H and O–H groups in total. The molecule has 0 spiro atoms. The highest BCUT2D eigenvalue weighted by Gasteiger charge is 2.24. The van der Waals surface area contributed by atoms with Gasteiger partial charge in [-0.1, -0.05) is 37.3 Å². The molecule has 0 radical (unpaired) electrons. The molecule has 1 aromatic rings. The molecule has 2 nitrogen and oxygen atoms in total. The summed E-state index contributed by atoms with van der Waals surface area (Å²) in [5.74, 6) is 0.549. The van der Waals surface area contributed by atoms with Crippen LogP contribution in [0.1, 0.15) is 31.2 Å². The summed E-state index contributed by atoms with van der Waals surface area (Å²) in [6.45, 7) is 4.78. The summed E-state index contributed by atoms with van der Waals surface area (Å²) in [6.07, 6.45) is 2.38. The Kier molecular flexibility index (Phi) is 3.97. The molecule has 2 rings (SSSR count). The van der Waals surface area contributed by atoms with Gasteiger partial charge in [0.05, 0.1) is 6.61 Å². The molecule has 2 atom stereocenters. The first-order chi connectivity index (χ1) is 7.81. The van der Waals surface area contributed by atoms with Gasteiger partial charge in [-0.2, -0.15) is 0 Å². The lowest BCUT2D eigenvalue weighted by atomic mass is 10.0. The van der Waals surface area contributed by atoms with Gasteiger partial charge in [0.2, 0.25) is 0 Å². The Morgan fingerprint density at radius 3 is 2.81 bits per heavy atom. The van der Waals surface area contributed by atoms with Crippen LogP contribution in [0.3, 0.4) is 0 Å². The van der Waals surface area contributed by atoms with Crippen LogP contribution in [0.2, 0.25) is 0 Å². The van der Waals surface area contributed by atoms with E-state index < -0.39 is 0 Å². The number of aliphatic hydroxyl groups excluding tert-OH is 1. The monoisotopic (exact) mass is 219 g/mol. The molecule has 1 fully saturated rings. The van der Waals surface area contributed by atoms with Crippen molar-refractivity contribution in [3.8, 4) is 0 Å². The molecule has 1 heterocycles. The van der Waals surface area contributed by atoms with Gasteiger partial charge in [0.1, 0.15) is 0 Å². The molecule has 1 saturated heterocycles. The Balaban J connectivity index is 1.94. The average Bonchev–Trinajstić information content (AvgIpc) is 2.77. The molecule has 1 aliphatic heterocycles. The smallest absolute Gasteiger partial charge is 0.0586 e. The Morgan fingerprint density at radius 1 is 1.38 bits per heavy atom. The van der Waals surface area contributed by atoms with Gasteiger partial charge in [-0.3, -0.25) is 4.90 Å². The van der Waals surface area contributed by atoms with Gasteiger partial charge in [0, 0.05) is 12.6 Å². The second-order valence-electron chi connectivity index (χ2n) is 4.79. The molecule has 88 valence electrons. The second kappa shape index (κ2) is 5.46. The van der Waals surface area contributed by atoms with Crippen LogP contribution >= 0.6 is 0 Å². The van der Waals surface area contributed by atoms with Crippen LogP contribution in [-0.4, -0.2) is 35.7 Å². The number of aliphatic hydroxyl groups is 1. The summed E-state index contributed by atoms with van der Waals surface area (Å²) < 4.78 is 0. The van der Waals surface area contributed by atoms with Gasteiger partial charge in [0.25, 0.3) is 0 Å². The highest BCUT2D eigenvalue weighted by atomic mass is 16.3. The SMILES string of the molecule is CC(CN1CCCC1CO)c1ccccc1. The summed E-state index contributed by atoms with van der Waals surface area (Å²) in [6, 6.07) is 11.0. The van der Waals surface area contributed by atoms with E-state index in [4.69, 9.17) is 0 Å². The molecule has 2 unspecified atom stereocenters. The Hall–Kier alpha value is -0.860. The van der Waals surface area contributed by atoms with Gasteiger partial charge in [-0.25, -0.2) is 0 Å². The predicted octanol–water partition coefficient (Wildman–Crippen LogP) is 2.25. The maximum absolute atomic E-state index is 9.28. The summed E-state index contributed by atoms with van der Waals surface area (Å²) in [7, 11) is 0. The third-order valence-corrected chi connectivity index (χ3v) is 3.59. The van der Waals surface area contributed by atoms with Crippen LogP contribution in [0.15, 0.2) is 30.3 Å². The van der Waals surface area contributed by atoms with E-state index in [-0.39, 0.29) is 0 Å².